The van der Waals surface area contributed by atoms with Gasteiger partial charge < -0.3 is 15.2 Å². The molecule has 0 aliphatic heterocycles. The summed E-state index contributed by atoms with van der Waals surface area (Å²) in [7, 11) is 0. The lowest BCUT2D eigenvalue weighted by atomic mass is 10.1. The van der Waals surface area contributed by atoms with Gasteiger partial charge in [0.15, 0.2) is 6.04 Å². The number of carbonyl (C=O) groups excluding carboxylic acids is 1. The topological polar surface area (TPSA) is 75.6 Å². The second-order valence-corrected chi connectivity index (χ2v) is 5.81. The Hall–Kier alpha value is -1.37. The van der Waals surface area contributed by atoms with Crippen LogP contribution >= 0.6 is 27.5 Å². The first-order valence-corrected chi connectivity index (χ1v) is 7.76. The van der Waals surface area contributed by atoms with Crippen molar-refractivity contribution >= 4 is 39.4 Å². The van der Waals surface area contributed by atoms with E-state index in [1.807, 2.05) is 0 Å². The SMILES string of the molecule is C=CCOCC(NC(=O)CCc1cc(Cl)ccc1Br)C(=O)O. The number of aryl methyl sites for hydroxylation is 1. The Labute approximate surface area is 142 Å². The van der Waals surface area contributed by atoms with Gasteiger partial charge in [-0.05, 0) is 30.2 Å². The molecular formula is C15H17BrClNO4. The van der Waals surface area contributed by atoms with Crippen LogP contribution in [0.1, 0.15) is 12.0 Å². The summed E-state index contributed by atoms with van der Waals surface area (Å²) >= 11 is 9.29. The van der Waals surface area contributed by atoms with Crippen molar-refractivity contribution in [3.63, 3.8) is 0 Å². The van der Waals surface area contributed by atoms with Crippen LogP contribution in [0.4, 0.5) is 0 Å². The number of aliphatic carboxylic acids is 1. The lowest BCUT2D eigenvalue weighted by molar-refractivity contribution is -0.143. The standard InChI is InChI=1S/C15H17BrClNO4/c1-2-7-22-9-13(15(20)21)18-14(19)6-3-10-8-11(17)4-5-12(10)16/h2,4-5,8,13H,1,3,6-7,9H2,(H,18,19)(H,20,21). The van der Waals surface area contributed by atoms with Crippen LogP contribution in [0.25, 0.3) is 0 Å². The van der Waals surface area contributed by atoms with E-state index >= 15 is 0 Å². The summed E-state index contributed by atoms with van der Waals surface area (Å²) in [6, 6.07) is 4.24. The molecule has 7 heteroatoms. The molecule has 1 atom stereocenters. The Morgan fingerprint density at radius 1 is 1.50 bits per heavy atom. The summed E-state index contributed by atoms with van der Waals surface area (Å²) in [4.78, 5) is 22.9. The van der Waals surface area contributed by atoms with Gasteiger partial charge >= 0.3 is 5.97 Å². The molecule has 2 N–H and O–H groups in total. The zero-order valence-corrected chi connectivity index (χ0v) is 14.2. The predicted molar refractivity (Wildman–Crippen MR) is 88.1 cm³/mol. The second-order valence-electron chi connectivity index (χ2n) is 4.52. The fourth-order valence-electron chi connectivity index (χ4n) is 1.69. The Balaban J connectivity index is 2.51. The molecule has 0 fully saturated rings. The van der Waals surface area contributed by atoms with Gasteiger partial charge in [-0.3, -0.25) is 4.79 Å². The van der Waals surface area contributed by atoms with Crippen molar-refractivity contribution in [3.05, 3.63) is 45.9 Å². The Morgan fingerprint density at radius 2 is 2.23 bits per heavy atom. The summed E-state index contributed by atoms with van der Waals surface area (Å²) in [5.41, 5.74) is 0.887. The van der Waals surface area contributed by atoms with Crippen LogP contribution in [-0.2, 0) is 20.7 Å². The smallest absolute Gasteiger partial charge is 0.328 e. The molecule has 1 rings (SSSR count). The van der Waals surface area contributed by atoms with Gasteiger partial charge in [-0.15, -0.1) is 6.58 Å². The third kappa shape index (κ3) is 6.60. The highest BCUT2D eigenvalue weighted by Crippen LogP contribution is 2.22. The second kappa shape index (κ2) is 9.61. The molecule has 1 amide bonds. The molecule has 5 nitrogen and oxygen atoms in total. The average Bonchev–Trinajstić information content (AvgIpc) is 2.47. The highest BCUT2D eigenvalue weighted by Gasteiger charge is 2.20. The number of amides is 1. The van der Waals surface area contributed by atoms with Crippen molar-refractivity contribution in [2.75, 3.05) is 13.2 Å². The van der Waals surface area contributed by atoms with Crippen molar-refractivity contribution in [2.24, 2.45) is 0 Å². The van der Waals surface area contributed by atoms with E-state index in [2.05, 4.69) is 27.8 Å². The van der Waals surface area contributed by atoms with E-state index in [0.717, 1.165) is 10.0 Å². The number of carboxylic acid groups (broad SMARTS) is 1. The fourth-order valence-corrected chi connectivity index (χ4v) is 2.33. The summed E-state index contributed by atoms with van der Waals surface area (Å²) in [5, 5.41) is 12.1. The van der Waals surface area contributed by atoms with Crippen LogP contribution in [0.15, 0.2) is 35.3 Å². The molecule has 0 spiro atoms. The highest BCUT2D eigenvalue weighted by molar-refractivity contribution is 9.10. The molecule has 0 saturated carbocycles. The van der Waals surface area contributed by atoms with Crippen molar-refractivity contribution < 1.29 is 19.4 Å². The van der Waals surface area contributed by atoms with Crippen LogP contribution < -0.4 is 5.32 Å². The lowest BCUT2D eigenvalue weighted by Gasteiger charge is -2.14. The average molecular weight is 391 g/mol. The van der Waals surface area contributed by atoms with Crippen LogP contribution in [-0.4, -0.2) is 36.2 Å². The first-order chi connectivity index (χ1) is 10.4. The van der Waals surface area contributed by atoms with Crippen molar-refractivity contribution in [1.82, 2.24) is 5.32 Å². The third-order valence-electron chi connectivity index (χ3n) is 2.78. The number of halogens is 2. The Kier molecular flexibility index (Phi) is 8.16. The summed E-state index contributed by atoms with van der Waals surface area (Å²) in [6.07, 6.45) is 2.12. The van der Waals surface area contributed by atoms with Gasteiger partial charge in [0.1, 0.15) is 0 Å². The largest absolute Gasteiger partial charge is 0.480 e. The maximum absolute atomic E-state index is 11.9. The van der Waals surface area contributed by atoms with E-state index in [1.54, 1.807) is 18.2 Å². The number of benzene rings is 1. The minimum atomic E-state index is -1.14. The van der Waals surface area contributed by atoms with Crippen LogP contribution in [0.3, 0.4) is 0 Å². The van der Waals surface area contributed by atoms with Crippen molar-refractivity contribution in [2.45, 2.75) is 18.9 Å². The van der Waals surface area contributed by atoms with Crippen LogP contribution in [0, 0.1) is 0 Å². The van der Waals surface area contributed by atoms with Gasteiger partial charge in [0.25, 0.3) is 0 Å². The molecule has 1 aromatic rings. The number of ether oxygens (including phenoxy) is 1. The zero-order valence-electron chi connectivity index (χ0n) is 11.9. The monoisotopic (exact) mass is 389 g/mol. The zero-order chi connectivity index (χ0) is 16.5. The molecule has 1 aromatic carbocycles. The van der Waals surface area contributed by atoms with Gasteiger partial charge in [-0.2, -0.15) is 0 Å². The van der Waals surface area contributed by atoms with E-state index in [-0.39, 0.29) is 25.5 Å². The summed E-state index contributed by atoms with van der Waals surface area (Å²) < 4.78 is 5.92. The van der Waals surface area contributed by atoms with Gasteiger partial charge in [0, 0.05) is 15.9 Å². The van der Waals surface area contributed by atoms with Gasteiger partial charge in [0.05, 0.1) is 13.2 Å². The molecule has 0 saturated heterocycles. The van der Waals surface area contributed by atoms with Gasteiger partial charge in [0.2, 0.25) is 5.91 Å². The number of hydrogen-bond donors (Lipinski definition) is 2. The first-order valence-electron chi connectivity index (χ1n) is 6.58. The van der Waals surface area contributed by atoms with E-state index < -0.39 is 12.0 Å². The van der Waals surface area contributed by atoms with Crippen molar-refractivity contribution in [1.29, 1.82) is 0 Å². The minimum Gasteiger partial charge on any atom is -0.480 e. The molecule has 0 aromatic heterocycles. The van der Waals surface area contributed by atoms with Crippen molar-refractivity contribution in [3.8, 4) is 0 Å². The molecule has 0 radical (unpaired) electrons. The van der Waals surface area contributed by atoms with E-state index in [9.17, 15) is 9.59 Å². The quantitative estimate of drug-likeness (QED) is 0.502. The number of rotatable bonds is 9. The number of hydrogen-bond acceptors (Lipinski definition) is 3. The molecule has 120 valence electrons. The van der Waals surface area contributed by atoms with Gasteiger partial charge in [-0.25, -0.2) is 4.79 Å². The first kappa shape index (κ1) is 18.7. The molecule has 0 heterocycles. The van der Waals surface area contributed by atoms with E-state index in [1.165, 1.54) is 6.08 Å². The summed E-state index contributed by atoms with van der Waals surface area (Å²) in [6.45, 7) is 3.59. The molecule has 0 aliphatic rings. The molecule has 0 bridgehead atoms. The number of carbonyl (C=O) groups is 2. The number of carboxylic acids is 1. The van der Waals surface area contributed by atoms with Crippen LogP contribution in [0.2, 0.25) is 5.02 Å². The lowest BCUT2D eigenvalue weighted by Crippen LogP contribution is -2.44. The van der Waals surface area contributed by atoms with Gasteiger partial charge in [-0.1, -0.05) is 33.6 Å². The Bertz CT molecular complexity index is 550. The summed E-state index contributed by atoms with van der Waals surface area (Å²) in [5.74, 6) is -1.50. The molecule has 1 unspecified atom stereocenters. The predicted octanol–water partition coefficient (Wildman–Crippen LogP) is 2.81. The molecule has 22 heavy (non-hydrogen) atoms. The highest BCUT2D eigenvalue weighted by atomic mass is 79.9. The van der Waals surface area contributed by atoms with Crippen LogP contribution in [0.5, 0.6) is 0 Å². The normalized spacial score (nSPS) is 11.7. The molecular weight excluding hydrogens is 374 g/mol. The number of nitrogens with one attached hydrogen (secondary N) is 1. The van der Waals surface area contributed by atoms with E-state index in [4.69, 9.17) is 21.4 Å². The Morgan fingerprint density at radius 3 is 2.86 bits per heavy atom. The third-order valence-corrected chi connectivity index (χ3v) is 3.79. The molecule has 0 aliphatic carbocycles. The maximum atomic E-state index is 11.9. The fraction of sp³-hybridized carbons (Fsp3) is 0.333. The maximum Gasteiger partial charge on any atom is 0.328 e. The minimum absolute atomic E-state index is 0.103. The van der Waals surface area contributed by atoms with E-state index in [0.29, 0.717) is 11.4 Å².